The van der Waals surface area contributed by atoms with Gasteiger partial charge in [0.2, 0.25) is 0 Å². The van der Waals surface area contributed by atoms with Crippen LogP contribution in [0, 0.1) is 5.92 Å². The molecule has 0 aromatic heterocycles. The predicted octanol–water partition coefficient (Wildman–Crippen LogP) is 3.56. The molecule has 0 saturated carbocycles. The van der Waals surface area contributed by atoms with Crippen LogP contribution in [-0.2, 0) is 5.60 Å². The first-order valence-electron chi connectivity index (χ1n) is 7.77. The van der Waals surface area contributed by atoms with Gasteiger partial charge in [-0.05, 0) is 43.0 Å². The molecule has 1 fully saturated rings. The van der Waals surface area contributed by atoms with Crippen LogP contribution < -0.4 is 5.32 Å². The molecule has 110 valence electrons. The number of piperidine rings is 1. The second-order valence-corrected chi connectivity index (χ2v) is 6.13. The average Bonchev–Trinajstić information content (AvgIpc) is 2.57. The van der Waals surface area contributed by atoms with Crippen molar-refractivity contribution in [1.82, 2.24) is 5.32 Å². The summed E-state index contributed by atoms with van der Waals surface area (Å²) in [6, 6.07) is 18.7. The van der Waals surface area contributed by atoms with E-state index in [0.29, 0.717) is 0 Å². The summed E-state index contributed by atoms with van der Waals surface area (Å²) in [5.74, 6) is 0.286. The van der Waals surface area contributed by atoms with Gasteiger partial charge in [0.1, 0.15) is 0 Å². The zero-order valence-corrected chi connectivity index (χ0v) is 12.5. The summed E-state index contributed by atoms with van der Waals surface area (Å²) in [4.78, 5) is 0. The lowest BCUT2D eigenvalue weighted by atomic mass is 9.78. The van der Waals surface area contributed by atoms with Gasteiger partial charge in [0.05, 0.1) is 5.60 Å². The van der Waals surface area contributed by atoms with Gasteiger partial charge in [-0.1, -0.05) is 54.6 Å². The SMILES string of the molecule is CC(O)(c1ccc(-c2ccccc2)cc1)C1CCCNC1. The van der Waals surface area contributed by atoms with E-state index in [1.54, 1.807) is 0 Å². The van der Waals surface area contributed by atoms with Gasteiger partial charge >= 0.3 is 0 Å². The third kappa shape index (κ3) is 3.02. The first-order chi connectivity index (χ1) is 10.2. The van der Waals surface area contributed by atoms with Gasteiger partial charge in [0, 0.05) is 12.5 Å². The fourth-order valence-corrected chi connectivity index (χ4v) is 3.20. The molecule has 2 nitrogen and oxygen atoms in total. The molecule has 0 spiro atoms. The number of rotatable bonds is 3. The quantitative estimate of drug-likeness (QED) is 0.901. The summed E-state index contributed by atoms with van der Waals surface area (Å²) < 4.78 is 0. The standard InChI is InChI=1S/C19H23NO/c1-19(21,18-8-5-13-20-14-18)17-11-9-16(10-12-17)15-6-3-2-4-7-15/h2-4,6-7,9-12,18,20-21H,5,8,13-14H2,1H3. The monoisotopic (exact) mass is 281 g/mol. The third-order valence-electron chi connectivity index (χ3n) is 4.67. The van der Waals surface area contributed by atoms with Gasteiger partial charge in [-0.2, -0.15) is 0 Å². The van der Waals surface area contributed by atoms with E-state index in [2.05, 4.69) is 41.7 Å². The van der Waals surface area contributed by atoms with Crippen molar-refractivity contribution in [1.29, 1.82) is 0 Å². The summed E-state index contributed by atoms with van der Waals surface area (Å²) in [7, 11) is 0. The van der Waals surface area contributed by atoms with Gasteiger partial charge in [-0.3, -0.25) is 0 Å². The molecule has 0 bridgehead atoms. The van der Waals surface area contributed by atoms with E-state index in [9.17, 15) is 5.11 Å². The molecule has 0 amide bonds. The molecule has 21 heavy (non-hydrogen) atoms. The van der Waals surface area contributed by atoms with E-state index in [-0.39, 0.29) is 5.92 Å². The maximum absolute atomic E-state index is 10.9. The van der Waals surface area contributed by atoms with Crippen molar-refractivity contribution >= 4 is 0 Å². The normalized spacial score (nSPS) is 21.7. The van der Waals surface area contributed by atoms with Crippen molar-refractivity contribution in [3.05, 3.63) is 60.2 Å². The van der Waals surface area contributed by atoms with E-state index in [1.165, 1.54) is 11.1 Å². The minimum atomic E-state index is -0.761. The van der Waals surface area contributed by atoms with Gasteiger partial charge in [0.25, 0.3) is 0 Å². The van der Waals surface area contributed by atoms with Crippen LogP contribution in [-0.4, -0.2) is 18.2 Å². The van der Waals surface area contributed by atoms with Gasteiger partial charge in [-0.15, -0.1) is 0 Å². The van der Waals surface area contributed by atoms with Crippen LogP contribution in [0.25, 0.3) is 11.1 Å². The second-order valence-electron chi connectivity index (χ2n) is 6.13. The van der Waals surface area contributed by atoms with Crippen LogP contribution in [0.2, 0.25) is 0 Å². The highest BCUT2D eigenvalue weighted by Crippen LogP contribution is 2.34. The zero-order chi connectivity index (χ0) is 14.7. The van der Waals surface area contributed by atoms with E-state index in [1.807, 2.05) is 25.1 Å². The fourth-order valence-electron chi connectivity index (χ4n) is 3.20. The van der Waals surface area contributed by atoms with Crippen LogP contribution in [0.5, 0.6) is 0 Å². The molecule has 3 rings (SSSR count). The summed E-state index contributed by atoms with van der Waals surface area (Å²) in [5.41, 5.74) is 2.65. The Bertz CT molecular complexity index is 568. The molecule has 1 aliphatic rings. The van der Waals surface area contributed by atoms with Crippen LogP contribution >= 0.6 is 0 Å². The molecular formula is C19H23NO. The van der Waals surface area contributed by atoms with Crippen molar-refractivity contribution < 1.29 is 5.11 Å². The summed E-state index contributed by atoms with van der Waals surface area (Å²) in [6.07, 6.45) is 2.23. The predicted molar refractivity (Wildman–Crippen MR) is 87.0 cm³/mol. The van der Waals surface area contributed by atoms with Gasteiger partial charge in [0.15, 0.2) is 0 Å². The fraction of sp³-hybridized carbons (Fsp3) is 0.368. The Labute approximate surface area is 126 Å². The Hall–Kier alpha value is -1.64. The highest BCUT2D eigenvalue weighted by Gasteiger charge is 2.34. The number of nitrogens with one attached hydrogen (secondary N) is 1. The number of benzene rings is 2. The third-order valence-corrected chi connectivity index (χ3v) is 4.67. The molecule has 2 aromatic carbocycles. The van der Waals surface area contributed by atoms with Crippen molar-refractivity contribution in [2.24, 2.45) is 5.92 Å². The highest BCUT2D eigenvalue weighted by atomic mass is 16.3. The minimum absolute atomic E-state index is 0.286. The van der Waals surface area contributed by atoms with Gasteiger partial charge in [-0.25, -0.2) is 0 Å². The lowest BCUT2D eigenvalue weighted by Gasteiger charge is -2.36. The van der Waals surface area contributed by atoms with Crippen LogP contribution in [0.3, 0.4) is 0 Å². The Morgan fingerprint density at radius 3 is 2.29 bits per heavy atom. The number of aliphatic hydroxyl groups is 1. The smallest absolute Gasteiger partial charge is 0.0908 e. The van der Waals surface area contributed by atoms with E-state index in [4.69, 9.17) is 0 Å². The van der Waals surface area contributed by atoms with Crippen molar-refractivity contribution in [2.75, 3.05) is 13.1 Å². The lowest BCUT2D eigenvalue weighted by Crippen LogP contribution is -2.42. The maximum atomic E-state index is 10.9. The molecule has 2 atom stereocenters. The molecule has 0 aliphatic carbocycles. The highest BCUT2D eigenvalue weighted by molar-refractivity contribution is 5.63. The minimum Gasteiger partial charge on any atom is -0.385 e. The molecular weight excluding hydrogens is 258 g/mol. The summed E-state index contributed by atoms with van der Waals surface area (Å²) in [6.45, 7) is 3.91. The first kappa shape index (κ1) is 14.3. The van der Waals surface area contributed by atoms with Crippen molar-refractivity contribution in [3.63, 3.8) is 0 Å². The zero-order valence-electron chi connectivity index (χ0n) is 12.5. The number of hydrogen-bond donors (Lipinski definition) is 2. The molecule has 2 N–H and O–H groups in total. The Morgan fingerprint density at radius 2 is 1.67 bits per heavy atom. The largest absolute Gasteiger partial charge is 0.385 e. The molecule has 1 aliphatic heterocycles. The Balaban J connectivity index is 1.83. The van der Waals surface area contributed by atoms with Crippen LogP contribution in [0.1, 0.15) is 25.3 Å². The average molecular weight is 281 g/mol. The van der Waals surface area contributed by atoms with E-state index < -0.39 is 5.60 Å². The van der Waals surface area contributed by atoms with E-state index in [0.717, 1.165) is 31.5 Å². The second kappa shape index (κ2) is 6.00. The molecule has 2 unspecified atom stereocenters. The molecule has 2 heteroatoms. The van der Waals surface area contributed by atoms with Crippen LogP contribution in [0.4, 0.5) is 0 Å². The molecule has 1 heterocycles. The Morgan fingerprint density at radius 1 is 1.00 bits per heavy atom. The summed E-state index contributed by atoms with van der Waals surface area (Å²) in [5, 5.41) is 14.3. The maximum Gasteiger partial charge on any atom is 0.0908 e. The summed E-state index contributed by atoms with van der Waals surface area (Å²) >= 11 is 0. The molecule has 0 radical (unpaired) electrons. The van der Waals surface area contributed by atoms with E-state index >= 15 is 0 Å². The van der Waals surface area contributed by atoms with Crippen LogP contribution in [0.15, 0.2) is 54.6 Å². The topological polar surface area (TPSA) is 32.3 Å². The van der Waals surface area contributed by atoms with Crippen molar-refractivity contribution in [3.8, 4) is 11.1 Å². The number of hydrogen-bond acceptors (Lipinski definition) is 2. The lowest BCUT2D eigenvalue weighted by molar-refractivity contribution is -0.0156. The first-order valence-corrected chi connectivity index (χ1v) is 7.77. The Kier molecular flexibility index (Phi) is 4.09. The molecule has 1 saturated heterocycles. The molecule has 2 aromatic rings. The van der Waals surface area contributed by atoms with Gasteiger partial charge < -0.3 is 10.4 Å². The van der Waals surface area contributed by atoms with Crippen molar-refractivity contribution in [2.45, 2.75) is 25.4 Å².